The van der Waals surface area contributed by atoms with Crippen LogP contribution in [0.2, 0.25) is 0 Å². The summed E-state index contributed by atoms with van der Waals surface area (Å²) in [5.74, 6) is 5.11. The number of amides is 3. The van der Waals surface area contributed by atoms with Gasteiger partial charge in [-0.2, -0.15) is 0 Å². The molecule has 0 spiro atoms. The van der Waals surface area contributed by atoms with Crippen molar-refractivity contribution in [3.8, 4) is 0 Å². The number of nitrogens with one attached hydrogen (secondary N) is 1. The Bertz CT molecular complexity index is 522. The Morgan fingerprint density at radius 3 is 2.20 bits per heavy atom. The van der Waals surface area contributed by atoms with Crippen molar-refractivity contribution in [2.45, 2.75) is 13.8 Å². The van der Waals surface area contributed by atoms with Crippen LogP contribution in [0.5, 0.6) is 0 Å². The predicted molar refractivity (Wildman–Crippen MR) is 76.1 cm³/mol. The highest BCUT2D eigenvalue weighted by atomic mass is 16.2. The summed E-state index contributed by atoms with van der Waals surface area (Å²) in [5, 5.41) is 0. The summed E-state index contributed by atoms with van der Waals surface area (Å²) in [6.45, 7) is 6.07. The Hall–Kier alpha value is -2.08. The van der Waals surface area contributed by atoms with Crippen LogP contribution in [-0.4, -0.2) is 47.9 Å². The van der Waals surface area contributed by atoms with Crippen molar-refractivity contribution in [3.63, 3.8) is 0 Å². The van der Waals surface area contributed by atoms with Crippen molar-refractivity contribution in [3.05, 3.63) is 34.9 Å². The topological polar surface area (TPSA) is 78.7 Å². The second-order valence-electron chi connectivity index (χ2n) is 5.03. The van der Waals surface area contributed by atoms with E-state index in [2.05, 4.69) is 5.43 Å². The lowest BCUT2D eigenvalue weighted by Crippen LogP contribution is -2.54. The van der Waals surface area contributed by atoms with E-state index in [0.29, 0.717) is 31.7 Å². The van der Waals surface area contributed by atoms with Gasteiger partial charge in [-0.05, 0) is 37.1 Å². The normalized spacial score (nSPS) is 15.2. The molecular weight excluding hydrogens is 256 g/mol. The molecule has 3 N–H and O–H groups in total. The van der Waals surface area contributed by atoms with Crippen LogP contribution < -0.4 is 11.3 Å². The van der Waals surface area contributed by atoms with Gasteiger partial charge in [0, 0.05) is 31.7 Å². The number of hydrogen-bond acceptors (Lipinski definition) is 3. The number of nitrogens with zero attached hydrogens (tertiary/aromatic N) is 2. The lowest BCUT2D eigenvalue weighted by molar-refractivity contribution is 0.0665. The summed E-state index contributed by atoms with van der Waals surface area (Å²) in [4.78, 5) is 27.1. The van der Waals surface area contributed by atoms with E-state index in [1.165, 1.54) is 5.56 Å². The number of piperazine rings is 1. The van der Waals surface area contributed by atoms with Gasteiger partial charge in [0.2, 0.25) is 0 Å². The van der Waals surface area contributed by atoms with Gasteiger partial charge in [0.15, 0.2) is 0 Å². The highest BCUT2D eigenvalue weighted by Gasteiger charge is 2.24. The van der Waals surface area contributed by atoms with Crippen molar-refractivity contribution in [2.24, 2.45) is 5.84 Å². The fourth-order valence-corrected chi connectivity index (χ4v) is 2.26. The van der Waals surface area contributed by atoms with Crippen LogP contribution in [0.25, 0.3) is 0 Å². The summed E-state index contributed by atoms with van der Waals surface area (Å²) in [7, 11) is 0. The molecule has 0 saturated carbocycles. The summed E-state index contributed by atoms with van der Waals surface area (Å²) >= 11 is 0. The molecule has 20 heavy (non-hydrogen) atoms. The molecule has 1 aromatic rings. The first-order valence-electron chi connectivity index (χ1n) is 6.65. The minimum absolute atomic E-state index is 0.0147. The lowest BCUT2D eigenvalue weighted by Gasteiger charge is -2.34. The van der Waals surface area contributed by atoms with Crippen molar-refractivity contribution >= 4 is 11.9 Å². The quantitative estimate of drug-likeness (QED) is 0.449. The molecule has 0 aromatic heterocycles. The monoisotopic (exact) mass is 276 g/mol. The summed E-state index contributed by atoms with van der Waals surface area (Å²) in [5.41, 5.74) is 5.09. The highest BCUT2D eigenvalue weighted by molar-refractivity contribution is 5.94. The van der Waals surface area contributed by atoms with Crippen LogP contribution in [-0.2, 0) is 0 Å². The molecule has 0 bridgehead atoms. The Morgan fingerprint density at radius 2 is 1.65 bits per heavy atom. The van der Waals surface area contributed by atoms with Crippen LogP contribution >= 0.6 is 0 Å². The van der Waals surface area contributed by atoms with Crippen molar-refractivity contribution < 1.29 is 9.59 Å². The Labute approximate surface area is 118 Å². The minimum Gasteiger partial charge on any atom is -0.335 e. The van der Waals surface area contributed by atoms with Gasteiger partial charge in [-0.1, -0.05) is 6.07 Å². The number of carbonyl (C=O) groups is 2. The van der Waals surface area contributed by atoms with Gasteiger partial charge in [0.05, 0.1) is 0 Å². The molecule has 2 rings (SSSR count). The van der Waals surface area contributed by atoms with Gasteiger partial charge < -0.3 is 9.80 Å². The maximum absolute atomic E-state index is 12.4. The molecule has 0 unspecified atom stereocenters. The first-order chi connectivity index (χ1) is 9.52. The lowest BCUT2D eigenvalue weighted by atomic mass is 10.1. The van der Waals surface area contributed by atoms with Gasteiger partial charge in [0.25, 0.3) is 5.91 Å². The minimum atomic E-state index is -0.303. The van der Waals surface area contributed by atoms with Gasteiger partial charge in [-0.3, -0.25) is 10.2 Å². The van der Waals surface area contributed by atoms with Gasteiger partial charge in [-0.25, -0.2) is 10.6 Å². The largest absolute Gasteiger partial charge is 0.335 e. The average Bonchev–Trinajstić information content (AvgIpc) is 2.48. The molecule has 0 radical (unpaired) electrons. The Balaban J connectivity index is 2.01. The molecule has 1 aromatic carbocycles. The molecule has 1 aliphatic heterocycles. The number of carbonyl (C=O) groups excluding carboxylic acids is 2. The van der Waals surface area contributed by atoms with E-state index in [4.69, 9.17) is 5.84 Å². The van der Waals surface area contributed by atoms with Crippen molar-refractivity contribution in [1.82, 2.24) is 15.2 Å². The fourth-order valence-electron chi connectivity index (χ4n) is 2.26. The zero-order chi connectivity index (χ0) is 14.7. The smallest absolute Gasteiger partial charge is 0.331 e. The van der Waals surface area contributed by atoms with Gasteiger partial charge in [-0.15, -0.1) is 0 Å². The fraction of sp³-hybridized carbons (Fsp3) is 0.429. The molecule has 0 aliphatic carbocycles. The van der Waals surface area contributed by atoms with Gasteiger partial charge in [0.1, 0.15) is 0 Å². The highest BCUT2D eigenvalue weighted by Crippen LogP contribution is 2.13. The van der Waals surface area contributed by atoms with E-state index in [9.17, 15) is 9.59 Å². The number of nitrogens with two attached hydrogens (primary N) is 1. The standard InChI is InChI=1S/C14H20N4O2/c1-10-3-4-12(9-11(10)2)13(19)17-5-7-18(8-6-17)14(20)16-15/h3-4,9H,5-8,15H2,1-2H3,(H,16,20). The first kappa shape index (κ1) is 14.3. The molecule has 0 atom stereocenters. The second-order valence-corrected chi connectivity index (χ2v) is 5.03. The number of benzene rings is 1. The Morgan fingerprint density at radius 1 is 1.05 bits per heavy atom. The number of aryl methyl sites for hydroxylation is 2. The zero-order valence-electron chi connectivity index (χ0n) is 11.8. The molecular formula is C14H20N4O2. The molecule has 6 nitrogen and oxygen atoms in total. The SMILES string of the molecule is Cc1ccc(C(=O)N2CCN(C(=O)NN)CC2)cc1C. The van der Waals surface area contributed by atoms with Crippen molar-refractivity contribution in [1.29, 1.82) is 0 Å². The molecule has 1 heterocycles. The molecule has 6 heteroatoms. The third kappa shape index (κ3) is 2.91. The summed E-state index contributed by atoms with van der Waals surface area (Å²) in [6, 6.07) is 5.42. The van der Waals surface area contributed by atoms with E-state index in [-0.39, 0.29) is 11.9 Å². The predicted octanol–water partition coefficient (Wildman–Crippen LogP) is 0.645. The third-order valence-corrected chi connectivity index (χ3v) is 3.73. The van der Waals surface area contributed by atoms with E-state index in [1.807, 2.05) is 32.0 Å². The maximum Gasteiger partial charge on any atom is 0.331 e. The average molecular weight is 276 g/mol. The number of urea groups is 1. The Kier molecular flexibility index (Phi) is 4.24. The van der Waals surface area contributed by atoms with E-state index in [0.717, 1.165) is 5.56 Å². The molecule has 1 saturated heterocycles. The molecule has 108 valence electrons. The van der Waals surface area contributed by atoms with Crippen LogP contribution in [0.1, 0.15) is 21.5 Å². The molecule has 1 aliphatic rings. The summed E-state index contributed by atoms with van der Waals surface area (Å²) < 4.78 is 0. The van der Waals surface area contributed by atoms with E-state index >= 15 is 0 Å². The van der Waals surface area contributed by atoms with Crippen LogP contribution in [0.15, 0.2) is 18.2 Å². The summed E-state index contributed by atoms with van der Waals surface area (Å²) in [6.07, 6.45) is 0. The number of rotatable bonds is 1. The molecule has 1 fully saturated rings. The van der Waals surface area contributed by atoms with Crippen LogP contribution in [0.3, 0.4) is 0 Å². The zero-order valence-corrected chi connectivity index (χ0v) is 11.8. The van der Waals surface area contributed by atoms with E-state index in [1.54, 1.807) is 9.80 Å². The third-order valence-electron chi connectivity index (χ3n) is 3.73. The maximum atomic E-state index is 12.4. The second kappa shape index (κ2) is 5.92. The van der Waals surface area contributed by atoms with Crippen molar-refractivity contribution in [2.75, 3.05) is 26.2 Å². The van der Waals surface area contributed by atoms with Crippen LogP contribution in [0, 0.1) is 13.8 Å². The van der Waals surface area contributed by atoms with Gasteiger partial charge >= 0.3 is 6.03 Å². The van der Waals surface area contributed by atoms with Crippen LogP contribution in [0.4, 0.5) is 4.79 Å². The number of hydrazine groups is 1. The molecule has 3 amide bonds. The number of hydrogen-bond donors (Lipinski definition) is 2. The first-order valence-corrected chi connectivity index (χ1v) is 6.65. The van der Waals surface area contributed by atoms with E-state index < -0.39 is 0 Å².